The molecule has 2 aromatic rings. The first kappa shape index (κ1) is 19.1. The third-order valence-corrected chi connectivity index (χ3v) is 3.82. The molecule has 0 fully saturated rings. The number of rotatable bonds is 7. The van der Waals surface area contributed by atoms with E-state index in [0.717, 1.165) is 0 Å². The van der Waals surface area contributed by atoms with E-state index in [0.29, 0.717) is 22.1 Å². The van der Waals surface area contributed by atoms with Crippen molar-refractivity contribution in [3.8, 4) is 11.5 Å². The van der Waals surface area contributed by atoms with Crippen LogP contribution in [0.2, 0.25) is 10.0 Å². The van der Waals surface area contributed by atoms with Gasteiger partial charge in [-0.05, 0) is 49.4 Å². The van der Waals surface area contributed by atoms with Crippen molar-refractivity contribution in [3.63, 3.8) is 0 Å². The summed E-state index contributed by atoms with van der Waals surface area (Å²) in [4.78, 5) is 24.1. The van der Waals surface area contributed by atoms with Crippen LogP contribution < -0.4 is 9.47 Å². The van der Waals surface area contributed by atoms with Gasteiger partial charge < -0.3 is 14.2 Å². The molecule has 0 unspecified atom stereocenters. The van der Waals surface area contributed by atoms with E-state index in [1.54, 1.807) is 36.4 Å². The number of esters is 1. The number of hydrogen-bond donors (Lipinski definition) is 0. The molecule has 7 heteroatoms. The van der Waals surface area contributed by atoms with Crippen molar-refractivity contribution in [3.05, 3.63) is 58.1 Å². The Morgan fingerprint density at radius 2 is 1.76 bits per heavy atom. The zero-order valence-corrected chi connectivity index (χ0v) is 15.1. The molecule has 2 aromatic carbocycles. The zero-order valence-electron chi connectivity index (χ0n) is 13.6. The monoisotopic (exact) mass is 382 g/mol. The Morgan fingerprint density at radius 1 is 1.08 bits per heavy atom. The molecule has 0 aliphatic carbocycles. The van der Waals surface area contributed by atoms with Crippen molar-refractivity contribution in [2.75, 3.05) is 13.7 Å². The van der Waals surface area contributed by atoms with E-state index in [4.69, 9.17) is 37.4 Å². The summed E-state index contributed by atoms with van der Waals surface area (Å²) in [7, 11) is 1.54. The first-order valence-corrected chi connectivity index (χ1v) is 8.12. The highest BCUT2D eigenvalue weighted by Crippen LogP contribution is 2.27. The lowest BCUT2D eigenvalue weighted by Gasteiger charge is -2.13. The molecule has 0 amide bonds. The molecule has 0 spiro atoms. The first-order valence-electron chi connectivity index (χ1n) is 7.36. The second-order valence-electron chi connectivity index (χ2n) is 5.09. The molecule has 0 radical (unpaired) electrons. The minimum absolute atomic E-state index is 0.280. The van der Waals surface area contributed by atoms with Gasteiger partial charge in [-0.15, -0.1) is 0 Å². The summed E-state index contributed by atoms with van der Waals surface area (Å²) in [5.41, 5.74) is 0.419. The Balaban J connectivity index is 1.89. The Hall–Kier alpha value is -2.24. The average Bonchev–Trinajstić information content (AvgIpc) is 2.60. The van der Waals surface area contributed by atoms with E-state index in [-0.39, 0.29) is 17.4 Å². The summed E-state index contributed by atoms with van der Waals surface area (Å²) in [5.74, 6) is -0.0625. The second kappa shape index (κ2) is 8.74. The van der Waals surface area contributed by atoms with Crippen LogP contribution in [0.1, 0.15) is 17.3 Å². The van der Waals surface area contributed by atoms with Crippen LogP contribution in [0.5, 0.6) is 11.5 Å². The van der Waals surface area contributed by atoms with Gasteiger partial charge in [0.1, 0.15) is 11.5 Å². The normalized spacial score (nSPS) is 11.5. The lowest BCUT2D eigenvalue weighted by Crippen LogP contribution is -2.27. The van der Waals surface area contributed by atoms with E-state index < -0.39 is 12.1 Å². The fourth-order valence-electron chi connectivity index (χ4n) is 2.00. The fraction of sp³-hybridized carbons (Fsp3) is 0.222. The minimum Gasteiger partial charge on any atom is -0.497 e. The Morgan fingerprint density at radius 3 is 2.36 bits per heavy atom. The number of benzene rings is 2. The molecule has 0 aliphatic heterocycles. The lowest BCUT2D eigenvalue weighted by molar-refractivity contribution is -0.148. The topological polar surface area (TPSA) is 61.8 Å². The molecule has 25 heavy (non-hydrogen) atoms. The molecule has 0 saturated carbocycles. The number of hydrogen-bond acceptors (Lipinski definition) is 5. The molecule has 0 saturated heterocycles. The van der Waals surface area contributed by atoms with Crippen LogP contribution >= 0.6 is 23.2 Å². The summed E-state index contributed by atoms with van der Waals surface area (Å²) in [6, 6.07) is 11.2. The van der Waals surface area contributed by atoms with Gasteiger partial charge in [0.2, 0.25) is 5.78 Å². The number of carbonyl (C=O) groups excluding carboxylic acids is 2. The summed E-state index contributed by atoms with van der Waals surface area (Å²) >= 11 is 11.7. The molecule has 132 valence electrons. The molecule has 2 rings (SSSR count). The van der Waals surface area contributed by atoms with Crippen LogP contribution in [0.25, 0.3) is 0 Å². The number of ketones is 1. The lowest BCUT2D eigenvalue weighted by atomic mass is 10.1. The van der Waals surface area contributed by atoms with Gasteiger partial charge >= 0.3 is 5.97 Å². The zero-order chi connectivity index (χ0) is 18.4. The smallest absolute Gasteiger partial charge is 0.344 e. The Bertz CT molecular complexity index is 759. The van der Waals surface area contributed by atoms with Crippen LogP contribution in [-0.4, -0.2) is 31.6 Å². The highest BCUT2D eigenvalue weighted by atomic mass is 35.5. The van der Waals surface area contributed by atoms with Crippen molar-refractivity contribution in [2.45, 2.75) is 13.0 Å². The predicted molar refractivity (Wildman–Crippen MR) is 94.8 cm³/mol. The molecule has 0 aliphatic rings. The molecule has 0 N–H and O–H groups in total. The molecule has 5 nitrogen and oxygen atoms in total. The van der Waals surface area contributed by atoms with Gasteiger partial charge in [-0.1, -0.05) is 23.2 Å². The van der Waals surface area contributed by atoms with E-state index in [1.807, 2.05) is 0 Å². The molecule has 0 bridgehead atoms. The third kappa shape index (κ3) is 5.37. The van der Waals surface area contributed by atoms with Gasteiger partial charge in [0.05, 0.1) is 12.1 Å². The number of carbonyl (C=O) groups is 2. The van der Waals surface area contributed by atoms with Crippen LogP contribution in [0.4, 0.5) is 0 Å². The molecule has 0 heterocycles. The molecular weight excluding hydrogens is 367 g/mol. The standard InChI is InChI=1S/C18H16Cl2O5/c1-11(18(22)12-3-6-14(23-2)7-4-12)25-17(21)10-24-16-8-5-13(19)9-15(16)20/h3-9,11H,10H2,1-2H3/t11-/m0/s1. The number of methoxy groups -OCH3 is 1. The van der Waals surface area contributed by atoms with Crippen molar-refractivity contribution in [2.24, 2.45) is 0 Å². The van der Waals surface area contributed by atoms with Crippen molar-refractivity contribution in [1.82, 2.24) is 0 Å². The summed E-state index contributed by atoms with van der Waals surface area (Å²) in [6.45, 7) is 1.13. The minimum atomic E-state index is -0.940. The van der Waals surface area contributed by atoms with E-state index in [1.165, 1.54) is 20.1 Å². The number of Topliss-reactive ketones (excluding diaryl/α,β-unsaturated/α-hetero) is 1. The van der Waals surface area contributed by atoms with Crippen LogP contribution in [-0.2, 0) is 9.53 Å². The van der Waals surface area contributed by atoms with Crippen LogP contribution in [0.3, 0.4) is 0 Å². The van der Waals surface area contributed by atoms with Gasteiger partial charge in [0.15, 0.2) is 12.7 Å². The van der Waals surface area contributed by atoms with Gasteiger partial charge in [-0.2, -0.15) is 0 Å². The maximum Gasteiger partial charge on any atom is 0.344 e. The van der Waals surface area contributed by atoms with Gasteiger partial charge in [-0.3, -0.25) is 4.79 Å². The summed E-state index contributed by atoms with van der Waals surface area (Å²) in [5, 5.41) is 0.737. The quantitative estimate of drug-likeness (QED) is 0.530. The Labute approximate surface area is 155 Å². The second-order valence-corrected chi connectivity index (χ2v) is 5.93. The fourth-order valence-corrected chi connectivity index (χ4v) is 2.47. The summed E-state index contributed by atoms with van der Waals surface area (Å²) < 4.78 is 15.4. The predicted octanol–water partition coefficient (Wildman–Crippen LogP) is 4.20. The summed E-state index contributed by atoms with van der Waals surface area (Å²) in [6.07, 6.45) is -0.940. The molecular formula is C18H16Cl2O5. The average molecular weight is 383 g/mol. The van der Waals surface area contributed by atoms with E-state index in [9.17, 15) is 9.59 Å². The maximum atomic E-state index is 12.3. The van der Waals surface area contributed by atoms with E-state index in [2.05, 4.69) is 0 Å². The SMILES string of the molecule is COc1ccc(C(=O)[C@H](C)OC(=O)COc2ccc(Cl)cc2Cl)cc1. The third-order valence-electron chi connectivity index (χ3n) is 3.29. The Kier molecular flexibility index (Phi) is 6.67. The van der Waals surface area contributed by atoms with Crippen molar-refractivity contribution < 1.29 is 23.8 Å². The van der Waals surface area contributed by atoms with Crippen molar-refractivity contribution in [1.29, 1.82) is 0 Å². The van der Waals surface area contributed by atoms with E-state index >= 15 is 0 Å². The highest BCUT2D eigenvalue weighted by molar-refractivity contribution is 6.35. The largest absolute Gasteiger partial charge is 0.497 e. The van der Waals surface area contributed by atoms with Gasteiger partial charge in [-0.25, -0.2) is 4.79 Å². The number of ether oxygens (including phenoxy) is 3. The van der Waals surface area contributed by atoms with Crippen LogP contribution in [0.15, 0.2) is 42.5 Å². The molecule has 1 atom stereocenters. The number of halogens is 2. The molecule has 0 aromatic heterocycles. The maximum absolute atomic E-state index is 12.3. The highest BCUT2D eigenvalue weighted by Gasteiger charge is 2.20. The van der Waals surface area contributed by atoms with Gasteiger partial charge in [0, 0.05) is 10.6 Å². The van der Waals surface area contributed by atoms with Gasteiger partial charge in [0.25, 0.3) is 0 Å². The van der Waals surface area contributed by atoms with Crippen molar-refractivity contribution >= 4 is 35.0 Å². The first-order chi connectivity index (χ1) is 11.9. The van der Waals surface area contributed by atoms with Crippen LogP contribution in [0, 0.1) is 0 Å².